The molecule has 0 unspecified atom stereocenters. The van der Waals surface area contributed by atoms with Crippen LogP contribution in [0.5, 0.6) is 17.2 Å². The fourth-order valence-electron chi connectivity index (χ4n) is 3.56. The molecule has 0 bridgehead atoms. The van der Waals surface area contributed by atoms with Crippen LogP contribution in [-0.4, -0.2) is 62.5 Å². The average Bonchev–Trinajstić information content (AvgIpc) is 2.76. The van der Waals surface area contributed by atoms with Crippen LogP contribution < -0.4 is 14.8 Å². The van der Waals surface area contributed by atoms with Gasteiger partial charge >= 0.3 is 0 Å². The Kier molecular flexibility index (Phi) is 8.40. The van der Waals surface area contributed by atoms with Gasteiger partial charge in [-0.15, -0.1) is 0 Å². The number of carbonyl (C=O) groups excluding carboxylic acids is 1. The van der Waals surface area contributed by atoms with Crippen molar-refractivity contribution < 1.29 is 24.1 Å². The third-order valence-electron chi connectivity index (χ3n) is 5.26. The number of benzene rings is 2. The summed E-state index contributed by atoms with van der Waals surface area (Å²) in [5.74, 6) is 1.03. The van der Waals surface area contributed by atoms with Crippen LogP contribution in [0.3, 0.4) is 0 Å². The number of carbonyl (C=O) groups is 1. The zero-order chi connectivity index (χ0) is 22.2. The van der Waals surface area contributed by atoms with Gasteiger partial charge in [-0.2, -0.15) is 0 Å². The van der Waals surface area contributed by atoms with E-state index in [1.807, 2.05) is 6.07 Å². The summed E-state index contributed by atoms with van der Waals surface area (Å²) < 4.78 is 16.1. The number of likely N-dealkylation sites (tertiary alicyclic amines) is 1. The van der Waals surface area contributed by atoms with Crippen LogP contribution in [0.4, 0.5) is 0 Å². The van der Waals surface area contributed by atoms with Crippen LogP contribution in [0.2, 0.25) is 5.02 Å². The zero-order valence-corrected chi connectivity index (χ0v) is 18.7. The van der Waals surface area contributed by atoms with E-state index in [1.54, 1.807) is 37.4 Å². The van der Waals surface area contributed by atoms with Crippen molar-refractivity contribution in [3.63, 3.8) is 0 Å². The molecule has 0 radical (unpaired) electrons. The second kappa shape index (κ2) is 11.2. The summed E-state index contributed by atoms with van der Waals surface area (Å²) in [5.41, 5.74) is 1.53. The van der Waals surface area contributed by atoms with Crippen molar-refractivity contribution in [2.45, 2.75) is 25.5 Å². The highest BCUT2D eigenvalue weighted by molar-refractivity contribution is 6.32. The maximum Gasteiger partial charge on any atom is 0.251 e. The summed E-state index contributed by atoms with van der Waals surface area (Å²) in [6.07, 6.45) is 1.81. The number of aromatic hydroxyl groups is 1. The molecule has 0 atom stereocenters. The zero-order valence-electron chi connectivity index (χ0n) is 17.9. The Hall–Kier alpha value is -2.48. The number of phenolic OH excluding ortho intramolecular Hbond substituents is 1. The maximum atomic E-state index is 12.1. The van der Waals surface area contributed by atoms with Gasteiger partial charge in [0, 0.05) is 38.9 Å². The Balaban J connectivity index is 1.49. The van der Waals surface area contributed by atoms with Crippen LogP contribution in [0, 0.1) is 0 Å². The molecule has 2 aromatic rings. The topological polar surface area (TPSA) is 80.3 Å². The fourth-order valence-corrected chi connectivity index (χ4v) is 3.79. The van der Waals surface area contributed by atoms with Gasteiger partial charge in [0.05, 0.1) is 18.7 Å². The number of ether oxygens (including phenoxy) is 3. The number of hydrogen-bond donors (Lipinski definition) is 2. The molecule has 2 aromatic carbocycles. The molecule has 1 fully saturated rings. The number of amides is 1. The standard InChI is InChI=1S/C23H29ClN2O5/c1-29-12-9-25-23(28)17-4-6-21(19(24)14-17)31-18-7-10-26(11-8-18)15-16-3-5-22(30-2)20(27)13-16/h3-6,13-14,18,27H,7-12,15H2,1-2H3,(H,25,28). The highest BCUT2D eigenvalue weighted by Gasteiger charge is 2.22. The van der Waals surface area contributed by atoms with Crippen molar-refractivity contribution in [2.75, 3.05) is 40.5 Å². The normalized spacial score (nSPS) is 14.9. The largest absolute Gasteiger partial charge is 0.504 e. The molecule has 1 heterocycles. The minimum absolute atomic E-state index is 0.0689. The van der Waals surface area contributed by atoms with Crippen LogP contribution in [0.15, 0.2) is 36.4 Å². The molecule has 168 valence electrons. The number of nitrogens with zero attached hydrogens (tertiary/aromatic N) is 1. The minimum Gasteiger partial charge on any atom is -0.504 e. The van der Waals surface area contributed by atoms with E-state index in [-0.39, 0.29) is 17.8 Å². The van der Waals surface area contributed by atoms with E-state index in [0.717, 1.165) is 38.0 Å². The van der Waals surface area contributed by atoms with E-state index in [4.69, 9.17) is 25.8 Å². The van der Waals surface area contributed by atoms with E-state index < -0.39 is 0 Å². The number of piperidine rings is 1. The van der Waals surface area contributed by atoms with Crippen molar-refractivity contribution in [1.29, 1.82) is 0 Å². The Morgan fingerprint density at radius 1 is 1.16 bits per heavy atom. The first kappa shape index (κ1) is 23.2. The quantitative estimate of drug-likeness (QED) is 0.572. The van der Waals surface area contributed by atoms with Gasteiger partial charge in [0.15, 0.2) is 11.5 Å². The van der Waals surface area contributed by atoms with Gasteiger partial charge in [0.1, 0.15) is 11.9 Å². The molecule has 7 nitrogen and oxygen atoms in total. The van der Waals surface area contributed by atoms with Crippen molar-refractivity contribution in [3.05, 3.63) is 52.5 Å². The third kappa shape index (κ3) is 6.50. The Bertz CT molecular complexity index is 884. The first-order valence-corrected chi connectivity index (χ1v) is 10.7. The van der Waals surface area contributed by atoms with Gasteiger partial charge < -0.3 is 24.6 Å². The fraction of sp³-hybridized carbons (Fsp3) is 0.435. The Morgan fingerprint density at radius 2 is 1.90 bits per heavy atom. The molecular weight excluding hydrogens is 420 g/mol. The van der Waals surface area contributed by atoms with Gasteiger partial charge in [0.25, 0.3) is 5.91 Å². The molecule has 1 aliphatic heterocycles. The van der Waals surface area contributed by atoms with E-state index in [1.165, 1.54) is 7.11 Å². The lowest BCUT2D eigenvalue weighted by Gasteiger charge is -2.32. The maximum absolute atomic E-state index is 12.1. The van der Waals surface area contributed by atoms with E-state index in [2.05, 4.69) is 10.2 Å². The Labute approximate surface area is 187 Å². The lowest BCUT2D eigenvalue weighted by molar-refractivity contribution is 0.0935. The number of nitrogens with one attached hydrogen (secondary N) is 1. The third-order valence-corrected chi connectivity index (χ3v) is 5.56. The molecular formula is C23H29ClN2O5. The number of hydrogen-bond acceptors (Lipinski definition) is 6. The number of halogens is 1. The second-order valence-electron chi connectivity index (χ2n) is 7.49. The first-order valence-electron chi connectivity index (χ1n) is 10.3. The van der Waals surface area contributed by atoms with E-state index in [9.17, 15) is 9.90 Å². The Morgan fingerprint density at radius 3 is 2.55 bits per heavy atom. The van der Waals surface area contributed by atoms with Gasteiger partial charge in [-0.1, -0.05) is 17.7 Å². The van der Waals surface area contributed by atoms with Crippen LogP contribution in [0.1, 0.15) is 28.8 Å². The van der Waals surface area contributed by atoms with Gasteiger partial charge in [-0.3, -0.25) is 9.69 Å². The molecule has 0 saturated carbocycles. The number of rotatable bonds is 9. The van der Waals surface area contributed by atoms with Crippen LogP contribution in [0.25, 0.3) is 0 Å². The molecule has 0 spiro atoms. The molecule has 0 aromatic heterocycles. The lowest BCUT2D eigenvalue weighted by atomic mass is 10.1. The minimum atomic E-state index is -0.191. The van der Waals surface area contributed by atoms with Gasteiger partial charge in [-0.05, 0) is 48.7 Å². The molecule has 1 aliphatic rings. The highest BCUT2D eigenvalue weighted by Crippen LogP contribution is 2.30. The average molecular weight is 449 g/mol. The van der Waals surface area contributed by atoms with Crippen molar-refractivity contribution in [2.24, 2.45) is 0 Å². The SMILES string of the molecule is COCCNC(=O)c1ccc(OC2CCN(Cc3ccc(OC)c(O)c3)CC2)c(Cl)c1. The molecule has 31 heavy (non-hydrogen) atoms. The molecule has 1 amide bonds. The monoisotopic (exact) mass is 448 g/mol. The van der Waals surface area contributed by atoms with E-state index >= 15 is 0 Å². The number of phenols is 1. The smallest absolute Gasteiger partial charge is 0.251 e. The summed E-state index contributed by atoms with van der Waals surface area (Å²) in [5, 5.41) is 13.2. The van der Waals surface area contributed by atoms with E-state index in [0.29, 0.717) is 35.2 Å². The van der Waals surface area contributed by atoms with Crippen LogP contribution in [-0.2, 0) is 11.3 Å². The van der Waals surface area contributed by atoms with Gasteiger partial charge in [0.2, 0.25) is 0 Å². The predicted molar refractivity (Wildman–Crippen MR) is 119 cm³/mol. The summed E-state index contributed by atoms with van der Waals surface area (Å²) in [6, 6.07) is 10.6. The molecule has 0 aliphatic carbocycles. The summed E-state index contributed by atoms with van der Waals surface area (Å²) >= 11 is 6.36. The second-order valence-corrected chi connectivity index (χ2v) is 7.90. The lowest BCUT2D eigenvalue weighted by Crippen LogP contribution is -2.37. The predicted octanol–water partition coefficient (Wildman–Crippen LogP) is 3.47. The summed E-state index contributed by atoms with van der Waals surface area (Å²) in [6.45, 7) is 3.43. The number of methoxy groups -OCH3 is 2. The molecule has 8 heteroatoms. The summed E-state index contributed by atoms with van der Waals surface area (Å²) in [7, 11) is 3.13. The highest BCUT2D eigenvalue weighted by atomic mass is 35.5. The van der Waals surface area contributed by atoms with Crippen molar-refractivity contribution in [1.82, 2.24) is 10.2 Å². The van der Waals surface area contributed by atoms with Gasteiger partial charge in [-0.25, -0.2) is 0 Å². The van der Waals surface area contributed by atoms with Crippen molar-refractivity contribution in [3.8, 4) is 17.2 Å². The first-order chi connectivity index (χ1) is 15.0. The summed E-state index contributed by atoms with van der Waals surface area (Å²) in [4.78, 5) is 14.5. The molecule has 1 saturated heterocycles. The van der Waals surface area contributed by atoms with Crippen molar-refractivity contribution >= 4 is 17.5 Å². The van der Waals surface area contributed by atoms with Crippen LogP contribution >= 0.6 is 11.6 Å². The molecule has 2 N–H and O–H groups in total. The molecule has 3 rings (SSSR count).